The van der Waals surface area contributed by atoms with Crippen LogP contribution in [0.5, 0.6) is 0 Å². The third-order valence-electron chi connectivity index (χ3n) is 3.29. The van der Waals surface area contributed by atoms with Gasteiger partial charge in [-0.05, 0) is 48.9 Å². The highest BCUT2D eigenvalue weighted by Crippen LogP contribution is 2.19. The summed E-state index contributed by atoms with van der Waals surface area (Å²) in [6.07, 6.45) is 5.04. The molecule has 2 heterocycles. The van der Waals surface area contributed by atoms with Crippen molar-refractivity contribution in [2.24, 2.45) is 7.05 Å². The van der Waals surface area contributed by atoms with Crippen LogP contribution in [-0.2, 0) is 13.6 Å². The fourth-order valence-corrected chi connectivity index (χ4v) is 2.61. The molecule has 0 aliphatic rings. The Hall–Kier alpha value is -1.69. The fourth-order valence-electron chi connectivity index (χ4n) is 2.12. The van der Waals surface area contributed by atoms with Gasteiger partial charge in [0.25, 0.3) is 0 Å². The minimum atomic E-state index is -0.0705. The third kappa shape index (κ3) is 2.60. The molecule has 2 aromatic heterocycles. The molecular formula is C14H17BrN4O. The molecule has 0 aromatic carbocycles. The molecule has 0 aliphatic carbocycles. The van der Waals surface area contributed by atoms with E-state index in [-0.39, 0.29) is 5.78 Å². The minimum absolute atomic E-state index is 0.0705. The van der Waals surface area contributed by atoms with Gasteiger partial charge in [-0.1, -0.05) is 0 Å². The van der Waals surface area contributed by atoms with Crippen molar-refractivity contribution in [3.8, 4) is 0 Å². The van der Waals surface area contributed by atoms with Gasteiger partial charge in [0.2, 0.25) is 5.78 Å². The Labute approximate surface area is 126 Å². The van der Waals surface area contributed by atoms with Gasteiger partial charge in [0.05, 0.1) is 16.4 Å². The smallest absolute Gasteiger partial charge is 0.205 e. The fraction of sp³-hybridized carbons (Fsp3) is 0.357. The molecule has 6 heteroatoms. The van der Waals surface area contributed by atoms with E-state index in [9.17, 15) is 4.79 Å². The Kier molecular flexibility index (Phi) is 4.23. The van der Waals surface area contributed by atoms with Gasteiger partial charge in [0.1, 0.15) is 5.69 Å². The van der Waals surface area contributed by atoms with Crippen molar-refractivity contribution in [1.29, 1.82) is 0 Å². The zero-order chi connectivity index (χ0) is 14.9. The van der Waals surface area contributed by atoms with Crippen molar-refractivity contribution in [3.05, 3.63) is 39.4 Å². The van der Waals surface area contributed by atoms with E-state index in [0.717, 1.165) is 17.0 Å². The first kappa shape index (κ1) is 14.7. The number of aromatic nitrogens is 4. The third-order valence-corrected chi connectivity index (χ3v) is 3.87. The summed E-state index contributed by atoms with van der Waals surface area (Å²) in [4.78, 5) is 12.3. The summed E-state index contributed by atoms with van der Waals surface area (Å²) < 4.78 is 4.21. The minimum Gasteiger partial charge on any atom is -0.288 e. The second-order valence-electron chi connectivity index (χ2n) is 4.56. The van der Waals surface area contributed by atoms with Crippen LogP contribution in [0.3, 0.4) is 0 Å². The first-order valence-corrected chi connectivity index (χ1v) is 7.19. The van der Waals surface area contributed by atoms with Crippen molar-refractivity contribution in [3.63, 3.8) is 0 Å². The highest BCUT2D eigenvalue weighted by molar-refractivity contribution is 9.10. The highest BCUT2D eigenvalue weighted by Gasteiger charge is 2.14. The molecule has 0 spiro atoms. The maximum atomic E-state index is 12.3. The number of carbonyl (C=O) groups excluding carboxylic acids is 1. The Bertz CT molecular complexity index is 682. The highest BCUT2D eigenvalue weighted by atomic mass is 79.9. The first-order chi connectivity index (χ1) is 9.45. The summed E-state index contributed by atoms with van der Waals surface area (Å²) in [5, 5.41) is 8.48. The van der Waals surface area contributed by atoms with Gasteiger partial charge < -0.3 is 0 Å². The summed E-state index contributed by atoms with van der Waals surface area (Å²) in [7, 11) is 1.89. The number of nitrogens with zero attached hydrogens (tertiary/aromatic N) is 4. The predicted molar refractivity (Wildman–Crippen MR) is 81.6 cm³/mol. The van der Waals surface area contributed by atoms with Gasteiger partial charge in [0.15, 0.2) is 0 Å². The molecule has 0 radical (unpaired) electrons. The maximum absolute atomic E-state index is 12.3. The normalized spacial score (nSPS) is 11.4. The number of halogens is 1. The maximum Gasteiger partial charge on any atom is 0.205 e. The summed E-state index contributed by atoms with van der Waals surface area (Å²) in [5.74, 6) is -0.0705. The zero-order valence-corrected chi connectivity index (χ0v) is 13.6. The van der Waals surface area contributed by atoms with Crippen molar-refractivity contribution < 1.29 is 4.79 Å². The molecule has 20 heavy (non-hydrogen) atoms. The van der Waals surface area contributed by atoms with Crippen LogP contribution >= 0.6 is 15.9 Å². The molecular weight excluding hydrogens is 320 g/mol. The van der Waals surface area contributed by atoms with Gasteiger partial charge in [-0.3, -0.25) is 14.2 Å². The largest absolute Gasteiger partial charge is 0.288 e. The predicted octanol–water partition coefficient (Wildman–Crippen LogP) is 2.91. The number of ketones is 1. The lowest BCUT2D eigenvalue weighted by Crippen LogP contribution is -2.07. The summed E-state index contributed by atoms with van der Waals surface area (Å²) in [5.41, 5.74) is 3.51. The molecule has 0 saturated heterocycles. The van der Waals surface area contributed by atoms with Crippen LogP contribution in [0.15, 0.2) is 16.7 Å². The molecule has 5 nitrogen and oxygen atoms in total. The molecule has 2 rings (SSSR count). The molecule has 0 fully saturated rings. The Morgan fingerprint density at radius 3 is 2.70 bits per heavy atom. The van der Waals surface area contributed by atoms with Crippen LogP contribution in [0.1, 0.15) is 34.4 Å². The number of aryl methyl sites for hydroxylation is 3. The van der Waals surface area contributed by atoms with Gasteiger partial charge in [-0.15, -0.1) is 0 Å². The summed E-state index contributed by atoms with van der Waals surface area (Å²) in [6.45, 7) is 6.53. The van der Waals surface area contributed by atoms with E-state index < -0.39 is 0 Å². The molecule has 0 aliphatic heterocycles. The van der Waals surface area contributed by atoms with Gasteiger partial charge in [0, 0.05) is 24.8 Å². The Morgan fingerprint density at radius 2 is 2.15 bits per heavy atom. The van der Waals surface area contributed by atoms with E-state index in [4.69, 9.17) is 0 Å². The average molecular weight is 337 g/mol. The van der Waals surface area contributed by atoms with Crippen molar-refractivity contribution in [2.45, 2.75) is 27.3 Å². The van der Waals surface area contributed by atoms with Crippen LogP contribution in [0, 0.1) is 13.8 Å². The number of rotatable bonds is 4. The Balaban J connectivity index is 2.32. The lowest BCUT2D eigenvalue weighted by Gasteiger charge is -2.01. The number of allylic oxidation sites excluding steroid dienone is 1. The lowest BCUT2D eigenvalue weighted by atomic mass is 10.1. The van der Waals surface area contributed by atoms with E-state index in [2.05, 4.69) is 26.1 Å². The molecule has 0 saturated carbocycles. The molecule has 0 amide bonds. The molecule has 2 aromatic rings. The van der Waals surface area contributed by atoms with Gasteiger partial charge in [-0.2, -0.15) is 10.2 Å². The molecule has 0 unspecified atom stereocenters. The summed E-state index contributed by atoms with van der Waals surface area (Å²) in [6, 6.07) is 0. The first-order valence-electron chi connectivity index (χ1n) is 6.39. The molecule has 106 valence electrons. The quantitative estimate of drug-likeness (QED) is 0.637. The second kappa shape index (κ2) is 5.75. The van der Waals surface area contributed by atoms with Crippen LogP contribution in [-0.4, -0.2) is 25.3 Å². The Morgan fingerprint density at radius 1 is 1.45 bits per heavy atom. The van der Waals surface area contributed by atoms with Crippen LogP contribution in [0.25, 0.3) is 6.08 Å². The van der Waals surface area contributed by atoms with Crippen molar-refractivity contribution in [1.82, 2.24) is 19.6 Å². The van der Waals surface area contributed by atoms with Gasteiger partial charge in [-0.25, -0.2) is 0 Å². The number of carbonyl (C=O) groups is 1. The van der Waals surface area contributed by atoms with E-state index >= 15 is 0 Å². The molecule has 0 atom stereocenters. The second-order valence-corrected chi connectivity index (χ2v) is 5.42. The van der Waals surface area contributed by atoms with Crippen molar-refractivity contribution in [2.75, 3.05) is 0 Å². The van der Waals surface area contributed by atoms with E-state index in [1.807, 2.05) is 38.6 Å². The average Bonchev–Trinajstić information content (AvgIpc) is 2.89. The lowest BCUT2D eigenvalue weighted by molar-refractivity contribution is 0.103. The molecule has 0 bridgehead atoms. The standard InChI is InChI=1S/C14H17BrN4O/c1-5-19-14(12(15)8-16-19)13(20)7-6-11-9(2)17-18(4)10(11)3/h6-8H,5H2,1-4H3/b7-6+. The van der Waals surface area contributed by atoms with E-state index in [1.165, 1.54) is 0 Å². The summed E-state index contributed by atoms with van der Waals surface area (Å²) >= 11 is 3.36. The van der Waals surface area contributed by atoms with Crippen LogP contribution < -0.4 is 0 Å². The van der Waals surface area contributed by atoms with Crippen molar-refractivity contribution >= 4 is 27.8 Å². The topological polar surface area (TPSA) is 52.7 Å². The SMILES string of the molecule is CCn1ncc(Br)c1C(=O)/C=C/c1c(C)nn(C)c1C. The number of hydrogen-bond acceptors (Lipinski definition) is 3. The van der Waals surface area contributed by atoms with Crippen LogP contribution in [0.2, 0.25) is 0 Å². The van der Waals surface area contributed by atoms with E-state index in [0.29, 0.717) is 16.7 Å². The van der Waals surface area contributed by atoms with E-state index in [1.54, 1.807) is 17.0 Å². The van der Waals surface area contributed by atoms with Crippen LogP contribution in [0.4, 0.5) is 0 Å². The number of hydrogen-bond donors (Lipinski definition) is 0. The molecule has 0 N–H and O–H groups in total. The van der Waals surface area contributed by atoms with Gasteiger partial charge >= 0.3 is 0 Å². The monoisotopic (exact) mass is 336 g/mol. The zero-order valence-electron chi connectivity index (χ0n) is 12.0.